The van der Waals surface area contributed by atoms with Crippen molar-refractivity contribution in [1.82, 2.24) is 24.7 Å². The second-order valence-electron chi connectivity index (χ2n) is 12.0. The van der Waals surface area contributed by atoms with Crippen molar-refractivity contribution >= 4 is 39.9 Å². The third-order valence-corrected chi connectivity index (χ3v) is 7.38. The molecule has 0 unspecified atom stereocenters. The highest BCUT2D eigenvalue weighted by Gasteiger charge is 2.22. The second kappa shape index (κ2) is 13.7. The highest BCUT2D eigenvalue weighted by Crippen LogP contribution is 2.33. The van der Waals surface area contributed by atoms with Crippen LogP contribution >= 0.6 is 0 Å². The Bertz CT molecular complexity index is 1990. The number of pyridine rings is 1. The van der Waals surface area contributed by atoms with Crippen LogP contribution < -0.4 is 20.7 Å². The molecule has 47 heavy (non-hydrogen) atoms. The summed E-state index contributed by atoms with van der Waals surface area (Å²) in [5.74, 6) is 2.49. The third kappa shape index (κ3) is 7.54. The number of ether oxygens (including phenoxy) is 2. The van der Waals surface area contributed by atoms with E-state index in [-0.39, 0.29) is 11.4 Å². The smallest absolute Gasteiger partial charge is 0.324 e. The molecular weight excluding hydrogens is 592 g/mol. The Labute approximate surface area is 273 Å². The lowest BCUT2D eigenvalue weighted by Crippen LogP contribution is -2.21. The minimum atomic E-state index is -0.388. The van der Waals surface area contributed by atoms with Gasteiger partial charge in [-0.2, -0.15) is 5.10 Å². The SMILES string of the molecule is COCc1ccc(-n2nc(C(C)(C)C)cc2NC(=O)Nc2ccc(OCc3ccnc(Nc4cnccn4)c3)c3ccccc23)cc1. The highest BCUT2D eigenvalue weighted by atomic mass is 16.5. The van der Waals surface area contributed by atoms with Crippen molar-refractivity contribution < 1.29 is 14.3 Å². The Balaban J connectivity index is 1.19. The van der Waals surface area contributed by atoms with Crippen molar-refractivity contribution in [1.29, 1.82) is 0 Å². The third-order valence-electron chi connectivity index (χ3n) is 7.38. The number of fused-ring (bicyclic) bond motifs is 1. The molecule has 0 aliphatic carbocycles. The second-order valence-corrected chi connectivity index (χ2v) is 12.0. The van der Waals surface area contributed by atoms with Gasteiger partial charge in [0.1, 0.15) is 29.8 Å². The maximum absolute atomic E-state index is 13.4. The van der Waals surface area contributed by atoms with E-state index in [1.54, 1.807) is 36.6 Å². The molecule has 0 aliphatic heterocycles. The summed E-state index contributed by atoms with van der Waals surface area (Å²) >= 11 is 0. The van der Waals surface area contributed by atoms with Crippen molar-refractivity contribution in [2.75, 3.05) is 23.1 Å². The quantitative estimate of drug-likeness (QED) is 0.141. The average Bonchev–Trinajstić information content (AvgIpc) is 3.50. The summed E-state index contributed by atoms with van der Waals surface area (Å²) in [4.78, 5) is 26.1. The number of hydrogen-bond acceptors (Lipinski definition) is 8. The minimum absolute atomic E-state index is 0.217. The molecule has 0 saturated carbocycles. The summed E-state index contributed by atoms with van der Waals surface area (Å²) in [7, 11) is 1.67. The van der Waals surface area contributed by atoms with Gasteiger partial charge in [-0.1, -0.05) is 57.2 Å². The van der Waals surface area contributed by atoms with E-state index in [0.717, 1.165) is 33.3 Å². The zero-order valence-corrected chi connectivity index (χ0v) is 26.7. The number of benzene rings is 3. The molecule has 238 valence electrons. The number of carbonyl (C=O) groups is 1. The zero-order chi connectivity index (χ0) is 32.8. The van der Waals surface area contributed by atoms with Crippen LogP contribution in [0.4, 0.5) is 27.9 Å². The molecule has 3 N–H and O–H groups in total. The van der Waals surface area contributed by atoms with Crippen LogP contribution in [0.2, 0.25) is 0 Å². The molecule has 2 amide bonds. The Kier molecular flexibility index (Phi) is 9.07. The van der Waals surface area contributed by atoms with Gasteiger partial charge in [0.25, 0.3) is 0 Å². The number of nitrogens with zero attached hydrogens (tertiary/aromatic N) is 5. The van der Waals surface area contributed by atoms with E-state index >= 15 is 0 Å². The Morgan fingerprint density at radius 3 is 2.34 bits per heavy atom. The summed E-state index contributed by atoms with van der Waals surface area (Å²) < 4.78 is 13.3. The van der Waals surface area contributed by atoms with E-state index in [2.05, 4.69) is 51.7 Å². The highest BCUT2D eigenvalue weighted by molar-refractivity contribution is 6.07. The summed E-state index contributed by atoms with van der Waals surface area (Å²) in [6, 6.07) is 24.7. The molecule has 0 atom stereocenters. The predicted molar refractivity (Wildman–Crippen MR) is 183 cm³/mol. The van der Waals surface area contributed by atoms with Gasteiger partial charge in [0.05, 0.1) is 29.9 Å². The standard InChI is InChI=1S/C36H36N8O3/c1-36(2,3)31-20-34(44(43-31)26-11-9-24(10-12-26)22-46-4)42-35(45)40-29-13-14-30(28-8-6-5-7-27(28)29)47-23-25-15-16-38-32(19-25)41-33-21-37-17-18-39-33/h5-21H,22-23H2,1-4H3,(H,38,39,41)(H2,40,42,45). The van der Waals surface area contributed by atoms with Crippen LogP contribution in [0.5, 0.6) is 5.75 Å². The molecule has 3 aromatic heterocycles. The normalized spacial score (nSPS) is 11.3. The molecule has 11 heteroatoms. The topological polar surface area (TPSA) is 128 Å². The molecule has 0 spiro atoms. The molecule has 0 saturated heterocycles. The molecule has 0 aliphatic rings. The van der Waals surface area contributed by atoms with E-state index < -0.39 is 0 Å². The van der Waals surface area contributed by atoms with Gasteiger partial charge in [-0.25, -0.2) is 19.4 Å². The van der Waals surface area contributed by atoms with Gasteiger partial charge in [0, 0.05) is 48.0 Å². The number of carbonyl (C=O) groups excluding carboxylic acids is 1. The lowest BCUT2D eigenvalue weighted by atomic mass is 9.92. The molecule has 0 bridgehead atoms. The van der Waals surface area contributed by atoms with Gasteiger partial charge < -0.3 is 20.1 Å². The first-order chi connectivity index (χ1) is 22.8. The van der Waals surface area contributed by atoms with E-state index in [1.807, 2.05) is 78.9 Å². The Morgan fingerprint density at radius 1 is 0.809 bits per heavy atom. The van der Waals surface area contributed by atoms with Crippen LogP contribution in [0.15, 0.2) is 104 Å². The number of hydrogen-bond donors (Lipinski definition) is 3. The first-order valence-electron chi connectivity index (χ1n) is 15.2. The molecule has 0 fully saturated rings. The number of urea groups is 1. The summed E-state index contributed by atoms with van der Waals surface area (Å²) in [5, 5.41) is 15.7. The van der Waals surface area contributed by atoms with Gasteiger partial charge in [-0.05, 0) is 47.5 Å². The van der Waals surface area contributed by atoms with Crippen LogP contribution in [0.1, 0.15) is 37.6 Å². The van der Waals surface area contributed by atoms with Gasteiger partial charge in [-0.15, -0.1) is 0 Å². The van der Waals surface area contributed by atoms with Crippen molar-refractivity contribution in [3.8, 4) is 11.4 Å². The predicted octanol–water partition coefficient (Wildman–Crippen LogP) is 7.62. The van der Waals surface area contributed by atoms with Crippen LogP contribution in [0.3, 0.4) is 0 Å². The number of nitrogens with one attached hydrogen (secondary N) is 3. The molecular formula is C36H36N8O3. The fourth-order valence-corrected chi connectivity index (χ4v) is 5.00. The lowest BCUT2D eigenvalue weighted by Gasteiger charge is -2.15. The van der Waals surface area contributed by atoms with Crippen molar-refractivity contribution in [3.63, 3.8) is 0 Å². The largest absolute Gasteiger partial charge is 0.488 e. The van der Waals surface area contributed by atoms with E-state index in [9.17, 15) is 4.79 Å². The number of methoxy groups -OCH3 is 1. The van der Waals surface area contributed by atoms with Gasteiger partial charge in [-0.3, -0.25) is 10.3 Å². The van der Waals surface area contributed by atoms with E-state index in [1.165, 1.54) is 0 Å². The molecule has 11 nitrogen and oxygen atoms in total. The van der Waals surface area contributed by atoms with Crippen LogP contribution in [-0.2, 0) is 23.4 Å². The van der Waals surface area contributed by atoms with Crippen molar-refractivity contribution in [3.05, 3.63) is 120 Å². The Hall–Kier alpha value is -5.81. The number of rotatable bonds is 10. The maximum atomic E-state index is 13.4. The number of amides is 2. The fourth-order valence-electron chi connectivity index (χ4n) is 5.00. The van der Waals surface area contributed by atoms with Crippen molar-refractivity contribution in [2.45, 2.75) is 39.4 Å². The van der Waals surface area contributed by atoms with Crippen molar-refractivity contribution in [2.24, 2.45) is 0 Å². The van der Waals surface area contributed by atoms with E-state index in [0.29, 0.717) is 42.1 Å². The first-order valence-corrected chi connectivity index (χ1v) is 15.2. The zero-order valence-electron chi connectivity index (χ0n) is 26.7. The van der Waals surface area contributed by atoms with Gasteiger partial charge >= 0.3 is 6.03 Å². The van der Waals surface area contributed by atoms with Gasteiger partial charge in [0.15, 0.2) is 0 Å². The van der Waals surface area contributed by atoms with Crippen LogP contribution in [-0.4, -0.2) is 37.9 Å². The number of aromatic nitrogens is 5. The van der Waals surface area contributed by atoms with Crippen LogP contribution in [0, 0.1) is 0 Å². The maximum Gasteiger partial charge on any atom is 0.324 e. The monoisotopic (exact) mass is 628 g/mol. The van der Waals surface area contributed by atoms with Gasteiger partial charge in [0.2, 0.25) is 0 Å². The molecule has 6 aromatic rings. The van der Waals surface area contributed by atoms with Crippen LogP contribution in [0.25, 0.3) is 16.5 Å². The molecule has 0 radical (unpaired) electrons. The first kappa shape index (κ1) is 31.2. The summed E-state index contributed by atoms with van der Waals surface area (Å²) in [6.45, 7) is 7.11. The molecule has 6 rings (SSSR count). The Morgan fingerprint density at radius 2 is 1.60 bits per heavy atom. The molecule has 3 aromatic carbocycles. The van der Waals surface area contributed by atoms with E-state index in [4.69, 9.17) is 14.6 Å². The average molecular weight is 629 g/mol. The molecule has 3 heterocycles. The minimum Gasteiger partial charge on any atom is -0.488 e. The summed E-state index contributed by atoms with van der Waals surface area (Å²) in [5.41, 5.74) is 4.09. The number of anilines is 4. The summed E-state index contributed by atoms with van der Waals surface area (Å²) in [6.07, 6.45) is 6.58. The fraction of sp³-hybridized carbons (Fsp3) is 0.194. The lowest BCUT2D eigenvalue weighted by molar-refractivity contribution is 0.185.